The first-order chi connectivity index (χ1) is 13.5. The van der Waals surface area contributed by atoms with Crippen LogP contribution in [-0.2, 0) is 9.59 Å². The standard InChI is InChI=1S/C21H18BrN3O3/c22-14-8-6-13(7-9-14)19(27)18-16(21(28)25-11-10-23-20(18)25)12-17(26)24-15-4-2-1-3-5-15/h1-9,16,23H,10-12H2,(H,24,26). The zero-order valence-electron chi connectivity index (χ0n) is 14.9. The van der Waals surface area contributed by atoms with E-state index < -0.39 is 5.92 Å². The van der Waals surface area contributed by atoms with E-state index in [0.717, 1.165) is 4.47 Å². The Kier molecular flexibility index (Phi) is 5.00. The highest BCUT2D eigenvalue weighted by atomic mass is 79.9. The molecule has 0 aromatic heterocycles. The third-order valence-electron chi connectivity index (χ3n) is 4.86. The number of halogens is 1. The van der Waals surface area contributed by atoms with Crippen LogP contribution >= 0.6 is 15.9 Å². The van der Waals surface area contributed by atoms with Gasteiger partial charge in [0, 0.05) is 35.2 Å². The minimum Gasteiger partial charge on any atom is -0.369 e. The van der Waals surface area contributed by atoms with Gasteiger partial charge in [-0.1, -0.05) is 34.1 Å². The Hall–Kier alpha value is -2.93. The zero-order chi connectivity index (χ0) is 19.7. The summed E-state index contributed by atoms with van der Waals surface area (Å²) in [5.74, 6) is -0.987. The van der Waals surface area contributed by atoms with Crippen molar-refractivity contribution in [3.05, 3.63) is 76.0 Å². The Morgan fingerprint density at radius 3 is 2.54 bits per heavy atom. The van der Waals surface area contributed by atoms with Crippen molar-refractivity contribution in [2.75, 3.05) is 18.4 Å². The number of nitrogens with zero attached hydrogens (tertiary/aromatic N) is 1. The monoisotopic (exact) mass is 439 g/mol. The first kappa shape index (κ1) is 18.4. The van der Waals surface area contributed by atoms with Gasteiger partial charge in [0.25, 0.3) is 0 Å². The maximum absolute atomic E-state index is 13.2. The highest BCUT2D eigenvalue weighted by molar-refractivity contribution is 9.10. The van der Waals surface area contributed by atoms with Crippen LogP contribution in [0.4, 0.5) is 5.69 Å². The van der Waals surface area contributed by atoms with E-state index in [1.54, 1.807) is 41.3 Å². The average Bonchev–Trinajstić information content (AvgIpc) is 3.26. The molecule has 1 atom stereocenters. The van der Waals surface area contributed by atoms with E-state index in [0.29, 0.717) is 35.7 Å². The van der Waals surface area contributed by atoms with Gasteiger partial charge >= 0.3 is 0 Å². The summed E-state index contributed by atoms with van der Waals surface area (Å²) in [4.78, 5) is 40.2. The molecule has 2 aromatic rings. The summed E-state index contributed by atoms with van der Waals surface area (Å²) in [6.45, 7) is 1.10. The SMILES string of the molecule is O=C(CC1C(=O)N2CCNC2=C1C(=O)c1ccc(Br)cc1)Nc1ccccc1. The van der Waals surface area contributed by atoms with E-state index in [-0.39, 0.29) is 24.0 Å². The first-order valence-electron chi connectivity index (χ1n) is 8.99. The topological polar surface area (TPSA) is 78.5 Å². The minimum atomic E-state index is -0.789. The number of fused-ring (bicyclic) bond motifs is 1. The van der Waals surface area contributed by atoms with Gasteiger partial charge in [-0.15, -0.1) is 0 Å². The quantitative estimate of drug-likeness (QED) is 0.701. The molecule has 2 heterocycles. The summed E-state index contributed by atoms with van der Waals surface area (Å²) in [6, 6.07) is 16.0. The molecule has 0 radical (unpaired) electrons. The number of hydrogen-bond acceptors (Lipinski definition) is 4. The van der Waals surface area contributed by atoms with Crippen LogP contribution in [0.3, 0.4) is 0 Å². The number of carbonyl (C=O) groups excluding carboxylic acids is 3. The van der Waals surface area contributed by atoms with Crippen molar-refractivity contribution < 1.29 is 14.4 Å². The smallest absolute Gasteiger partial charge is 0.236 e. The van der Waals surface area contributed by atoms with E-state index in [1.807, 2.05) is 18.2 Å². The second kappa shape index (κ2) is 7.59. The minimum absolute atomic E-state index is 0.0764. The maximum Gasteiger partial charge on any atom is 0.236 e. The fraction of sp³-hybridized carbons (Fsp3) is 0.190. The van der Waals surface area contributed by atoms with Crippen LogP contribution in [0, 0.1) is 5.92 Å². The molecule has 142 valence electrons. The fourth-order valence-corrected chi connectivity index (χ4v) is 3.83. The van der Waals surface area contributed by atoms with Crippen LogP contribution in [0.2, 0.25) is 0 Å². The summed E-state index contributed by atoms with van der Waals surface area (Å²) in [5, 5.41) is 5.93. The molecule has 2 aromatic carbocycles. The van der Waals surface area contributed by atoms with Gasteiger partial charge in [0.05, 0.1) is 11.5 Å². The third kappa shape index (κ3) is 3.45. The highest BCUT2D eigenvalue weighted by Crippen LogP contribution is 2.35. The fourth-order valence-electron chi connectivity index (χ4n) is 3.56. The average molecular weight is 440 g/mol. The normalized spacial score (nSPS) is 18.1. The van der Waals surface area contributed by atoms with Gasteiger partial charge in [-0.05, 0) is 36.4 Å². The zero-order valence-corrected chi connectivity index (χ0v) is 16.5. The lowest BCUT2D eigenvalue weighted by molar-refractivity contribution is -0.132. The Morgan fingerprint density at radius 1 is 1.11 bits per heavy atom. The lowest BCUT2D eigenvalue weighted by Gasteiger charge is -2.14. The van der Waals surface area contributed by atoms with Gasteiger partial charge in [0.1, 0.15) is 5.82 Å². The lowest BCUT2D eigenvalue weighted by Crippen LogP contribution is -2.30. The highest BCUT2D eigenvalue weighted by Gasteiger charge is 2.45. The number of amides is 2. The molecule has 2 amide bonds. The van der Waals surface area contributed by atoms with Crippen molar-refractivity contribution in [1.29, 1.82) is 0 Å². The molecule has 7 heteroatoms. The van der Waals surface area contributed by atoms with Gasteiger partial charge in [0.15, 0.2) is 5.78 Å². The van der Waals surface area contributed by atoms with Crippen molar-refractivity contribution in [2.24, 2.45) is 5.92 Å². The molecule has 2 aliphatic rings. The van der Waals surface area contributed by atoms with Crippen LogP contribution in [0.1, 0.15) is 16.8 Å². The molecule has 1 fully saturated rings. The van der Waals surface area contributed by atoms with Gasteiger partial charge < -0.3 is 10.6 Å². The van der Waals surface area contributed by atoms with Gasteiger partial charge in [0.2, 0.25) is 11.8 Å². The van der Waals surface area contributed by atoms with Crippen molar-refractivity contribution in [1.82, 2.24) is 10.2 Å². The molecule has 0 spiro atoms. The number of anilines is 1. The van der Waals surface area contributed by atoms with E-state index in [9.17, 15) is 14.4 Å². The summed E-state index contributed by atoms with van der Waals surface area (Å²) < 4.78 is 0.864. The second-order valence-corrected chi connectivity index (χ2v) is 7.60. The van der Waals surface area contributed by atoms with Gasteiger partial charge in [-0.3, -0.25) is 19.3 Å². The number of rotatable bonds is 5. The van der Waals surface area contributed by atoms with E-state index in [2.05, 4.69) is 26.6 Å². The number of hydrogen-bond donors (Lipinski definition) is 2. The van der Waals surface area contributed by atoms with Crippen LogP contribution in [-0.4, -0.2) is 35.6 Å². The van der Waals surface area contributed by atoms with Gasteiger partial charge in [-0.25, -0.2) is 0 Å². The number of nitrogens with one attached hydrogen (secondary N) is 2. The number of para-hydroxylation sites is 1. The first-order valence-corrected chi connectivity index (χ1v) is 9.78. The molecule has 28 heavy (non-hydrogen) atoms. The predicted molar refractivity (Wildman–Crippen MR) is 108 cm³/mol. The van der Waals surface area contributed by atoms with Crippen molar-refractivity contribution >= 4 is 39.2 Å². The number of Topliss-reactive ketones (excluding diaryl/α,β-unsaturated/α-hetero) is 1. The molecule has 4 rings (SSSR count). The van der Waals surface area contributed by atoms with Crippen molar-refractivity contribution in [3.8, 4) is 0 Å². The number of carbonyl (C=O) groups is 3. The summed E-state index contributed by atoms with van der Waals surface area (Å²) in [7, 11) is 0. The van der Waals surface area contributed by atoms with E-state index >= 15 is 0 Å². The molecule has 0 aliphatic carbocycles. The molecule has 2 N–H and O–H groups in total. The molecule has 6 nitrogen and oxygen atoms in total. The molecule has 0 bridgehead atoms. The van der Waals surface area contributed by atoms with Crippen LogP contribution in [0.25, 0.3) is 0 Å². The Labute approximate surface area is 170 Å². The largest absolute Gasteiger partial charge is 0.369 e. The van der Waals surface area contributed by atoms with Crippen LogP contribution in [0.15, 0.2) is 70.5 Å². The number of benzene rings is 2. The molecule has 1 saturated heterocycles. The number of ketones is 1. The molecule has 2 aliphatic heterocycles. The summed E-state index contributed by atoms with van der Waals surface area (Å²) >= 11 is 3.36. The Bertz CT molecular complexity index is 970. The lowest BCUT2D eigenvalue weighted by atomic mass is 9.90. The molecule has 0 saturated carbocycles. The maximum atomic E-state index is 13.2. The summed E-state index contributed by atoms with van der Waals surface area (Å²) in [6.07, 6.45) is -0.0764. The molecular weight excluding hydrogens is 422 g/mol. The second-order valence-electron chi connectivity index (χ2n) is 6.69. The molecule has 1 unspecified atom stereocenters. The van der Waals surface area contributed by atoms with E-state index in [1.165, 1.54) is 0 Å². The van der Waals surface area contributed by atoms with E-state index in [4.69, 9.17) is 0 Å². The third-order valence-corrected chi connectivity index (χ3v) is 5.39. The Morgan fingerprint density at radius 2 is 1.82 bits per heavy atom. The Balaban J connectivity index is 1.60. The molecular formula is C21H18BrN3O3. The van der Waals surface area contributed by atoms with Crippen molar-refractivity contribution in [3.63, 3.8) is 0 Å². The van der Waals surface area contributed by atoms with Gasteiger partial charge in [-0.2, -0.15) is 0 Å². The van der Waals surface area contributed by atoms with Crippen molar-refractivity contribution in [2.45, 2.75) is 6.42 Å². The summed E-state index contributed by atoms with van der Waals surface area (Å²) in [5.41, 5.74) is 1.51. The van der Waals surface area contributed by atoms with Crippen LogP contribution in [0.5, 0.6) is 0 Å². The van der Waals surface area contributed by atoms with Crippen LogP contribution < -0.4 is 10.6 Å². The predicted octanol–water partition coefficient (Wildman–Crippen LogP) is 2.93.